The van der Waals surface area contributed by atoms with Crippen molar-refractivity contribution in [1.82, 2.24) is 10.2 Å². The zero-order valence-electron chi connectivity index (χ0n) is 14.4. The Balaban J connectivity index is 2.61. The lowest BCUT2D eigenvalue weighted by molar-refractivity contribution is -0.308. The van der Waals surface area contributed by atoms with Gasteiger partial charge in [-0.1, -0.05) is 12.1 Å². The number of nitrogens with zero attached hydrogens (tertiary/aromatic N) is 2. The van der Waals surface area contributed by atoms with Gasteiger partial charge in [-0.2, -0.15) is 0 Å². The van der Waals surface area contributed by atoms with Gasteiger partial charge in [-0.25, -0.2) is 4.79 Å². The van der Waals surface area contributed by atoms with E-state index in [0.717, 1.165) is 0 Å². The lowest BCUT2D eigenvalue weighted by Crippen LogP contribution is -2.50. The summed E-state index contributed by atoms with van der Waals surface area (Å²) in [6, 6.07) is 5.52. The summed E-state index contributed by atoms with van der Waals surface area (Å²) in [5.41, 5.74) is 6.48. The van der Waals surface area contributed by atoms with Gasteiger partial charge >= 0.3 is 6.09 Å². The summed E-state index contributed by atoms with van der Waals surface area (Å²) in [4.78, 5) is 25.8. The molecule has 0 aliphatic rings. The number of benzene rings is 1. The van der Waals surface area contributed by atoms with Gasteiger partial charge in [-0.15, -0.1) is 0 Å². The summed E-state index contributed by atoms with van der Waals surface area (Å²) in [6.07, 6.45) is -0.764. The molecule has 136 valence electrons. The summed E-state index contributed by atoms with van der Waals surface area (Å²) < 4.78 is 10.4. The first-order valence-corrected chi connectivity index (χ1v) is 7.66. The van der Waals surface area contributed by atoms with Gasteiger partial charge in [0.2, 0.25) is 4.91 Å². The van der Waals surface area contributed by atoms with Crippen molar-refractivity contribution in [3.8, 4) is 5.75 Å². The average molecular weight is 350 g/mol. The van der Waals surface area contributed by atoms with Crippen LogP contribution >= 0.6 is 0 Å². The lowest BCUT2D eigenvalue weighted by atomic mass is 10.1. The number of hydrogen-bond donors (Lipinski definition) is 2. The third kappa shape index (κ3) is 8.47. The summed E-state index contributed by atoms with van der Waals surface area (Å²) in [5, 5.41) is 17.0. The number of hydrogen-bond acceptors (Lipinski definition) is 7. The number of alkyl carbamates (subject to hydrolysis) is 1. The second-order valence-electron chi connectivity index (χ2n) is 6.18. The normalized spacial score (nSPS) is 11.8. The van der Waals surface area contributed by atoms with Crippen molar-refractivity contribution in [3.05, 3.63) is 29.8 Å². The number of rotatable bonds is 8. The van der Waals surface area contributed by atoms with Crippen LogP contribution in [0.1, 0.15) is 26.3 Å². The van der Waals surface area contributed by atoms with Crippen molar-refractivity contribution < 1.29 is 24.2 Å². The number of carbonyl (C=O) groups excluding carboxylic acids is 2. The minimum Gasteiger partial charge on any atom is -0.548 e. The smallest absolute Gasteiger partial charge is 0.408 e. The zero-order chi connectivity index (χ0) is 18.9. The second-order valence-corrected chi connectivity index (χ2v) is 6.18. The molecule has 0 aromatic heterocycles. The maximum absolute atomic E-state index is 11.7. The molecular weight excluding hydrogens is 328 g/mol. The van der Waals surface area contributed by atoms with E-state index in [2.05, 4.69) is 15.3 Å². The van der Waals surface area contributed by atoms with E-state index in [1.54, 1.807) is 45.0 Å². The Morgan fingerprint density at radius 3 is 2.48 bits per heavy atom. The third-order valence-corrected chi connectivity index (χ3v) is 2.87. The Morgan fingerprint density at radius 1 is 1.32 bits per heavy atom. The second kappa shape index (κ2) is 9.39. The molecule has 9 nitrogen and oxygen atoms in total. The van der Waals surface area contributed by atoms with Crippen molar-refractivity contribution in [2.24, 2.45) is 5.11 Å². The van der Waals surface area contributed by atoms with Gasteiger partial charge in [0.15, 0.2) is 6.54 Å². The molecular formula is C16H22N4O5. The summed E-state index contributed by atoms with van der Waals surface area (Å²) >= 11 is 0. The highest BCUT2D eigenvalue weighted by atomic mass is 16.6. The molecule has 1 rings (SSSR count). The van der Waals surface area contributed by atoms with Crippen LogP contribution in [0.5, 0.6) is 5.75 Å². The van der Waals surface area contributed by atoms with Crippen LogP contribution in [0.2, 0.25) is 0 Å². The number of carbonyl (C=O) groups is 2. The Hall–Kier alpha value is -2.93. The molecule has 0 heterocycles. The van der Waals surface area contributed by atoms with E-state index < -0.39 is 23.7 Å². The molecule has 1 amide bonds. The van der Waals surface area contributed by atoms with Crippen molar-refractivity contribution >= 4 is 12.1 Å². The van der Waals surface area contributed by atoms with Gasteiger partial charge < -0.3 is 24.7 Å². The highest BCUT2D eigenvalue weighted by Crippen LogP contribution is 2.14. The summed E-state index contributed by atoms with van der Waals surface area (Å²) in [5.74, 6) is -0.819. The maximum Gasteiger partial charge on any atom is 0.408 e. The van der Waals surface area contributed by atoms with Crippen LogP contribution in [0.3, 0.4) is 0 Å². The number of amides is 1. The van der Waals surface area contributed by atoms with Crippen LogP contribution in [-0.4, -0.2) is 36.9 Å². The molecule has 1 unspecified atom stereocenters. The minimum absolute atomic E-state index is 0.0505. The van der Waals surface area contributed by atoms with Crippen molar-refractivity contribution in [2.45, 2.75) is 38.8 Å². The lowest BCUT2D eigenvalue weighted by Gasteiger charge is -2.24. The fraction of sp³-hybridized carbons (Fsp3) is 0.500. The molecule has 2 N–H and O–H groups in total. The van der Waals surface area contributed by atoms with E-state index in [-0.39, 0.29) is 19.6 Å². The van der Waals surface area contributed by atoms with Gasteiger partial charge in [-0.3, -0.25) is 0 Å². The molecule has 0 aliphatic heterocycles. The van der Waals surface area contributed by atoms with Gasteiger partial charge in [-0.05, 0) is 44.9 Å². The maximum atomic E-state index is 11.7. The van der Waals surface area contributed by atoms with Gasteiger partial charge in [0, 0.05) is 0 Å². The molecule has 1 aromatic rings. The van der Waals surface area contributed by atoms with Crippen LogP contribution in [0.4, 0.5) is 4.79 Å². The third-order valence-electron chi connectivity index (χ3n) is 2.87. The first-order chi connectivity index (χ1) is 11.7. The molecule has 0 spiro atoms. The monoisotopic (exact) mass is 350 g/mol. The average Bonchev–Trinajstić information content (AvgIpc) is 2.50. The standard InChI is InChI=1S/C16H22N4O5/c1-16(2,3)25-15(23)19-13(14(21)22)10-11-4-6-12(7-5-11)24-9-8-18-20-17/h4-7,13,17H,8-10H2,1-3H3,(H-,19,21,22,23). The predicted molar refractivity (Wildman–Crippen MR) is 86.0 cm³/mol. The molecule has 0 bridgehead atoms. The number of carboxylic acid groups (broad SMARTS) is 1. The van der Waals surface area contributed by atoms with Crippen LogP contribution < -0.4 is 20.1 Å². The Labute approximate surface area is 145 Å². The minimum atomic E-state index is -1.40. The highest BCUT2D eigenvalue weighted by molar-refractivity contribution is 5.79. The number of carboxylic acids is 1. The van der Waals surface area contributed by atoms with E-state index >= 15 is 0 Å². The quantitative estimate of drug-likeness (QED) is 0.406. The van der Waals surface area contributed by atoms with Crippen molar-refractivity contribution in [3.63, 3.8) is 0 Å². The molecule has 0 fully saturated rings. The number of nitrogens with one attached hydrogen (secondary N) is 2. The Morgan fingerprint density at radius 2 is 1.96 bits per heavy atom. The van der Waals surface area contributed by atoms with E-state index in [4.69, 9.17) is 15.0 Å². The van der Waals surface area contributed by atoms with Crippen LogP contribution in [0.25, 0.3) is 0 Å². The topological polar surface area (TPSA) is 138 Å². The largest absolute Gasteiger partial charge is 0.548 e. The first kappa shape index (κ1) is 20.1. The SMILES string of the molecule is CC(C)(C)OC(=O)NC(Cc1ccc(OCCN=[N+]=N)cc1)C(=O)[O-]. The number of aliphatic carboxylic acids is 1. The van der Waals surface area contributed by atoms with E-state index in [1.165, 1.54) is 0 Å². The molecule has 1 aromatic carbocycles. The highest BCUT2D eigenvalue weighted by Gasteiger charge is 2.20. The van der Waals surface area contributed by atoms with E-state index in [0.29, 0.717) is 11.3 Å². The molecule has 0 radical (unpaired) electrons. The predicted octanol–water partition coefficient (Wildman–Crippen LogP) is 0.801. The zero-order valence-corrected chi connectivity index (χ0v) is 14.4. The Kier molecular flexibility index (Phi) is 7.55. The van der Waals surface area contributed by atoms with Crippen molar-refractivity contribution in [2.75, 3.05) is 13.2 Å². The fourth-order valence-corrected chi connectivity index (χ4v) is 1.85. The number of ether oxygens (including phenoxy) is 2. The summed E-state index contributed by atoms with van der Waals surface area (Å²) in [6.45, 7) is 5.61. The molecule has 0 saturated heterocycles. The van der Waals surface area contributed by atoms with Crippen LogP contribution in [-0.2, 0) is 16.0 Å². The molecule has 1 atom stereocenters. The van der Waals surface area contributed by atoms with Gasteiger partial charge in [0.25, 0.3) is 0 Å². The van der Waals surface area contributed by atoms with E-state index in [9.17, 15) is 14.7 Å². The van der Waals surface area contributed by atoms with Gasteiger partial charge in [0.05, 0.1) is 12.0 Å². The first-order valence-electron chi connectivity index (χ1n) is 7.66. The molecule has 0 aliphatic carbocycles. The molecule has 0 saturated carbocycles. The van der Waals surface area contributed by atoms with E-state index in [1.807, 2.05) is 0 Å². The van der Waals surface area contributed by atoms with Gasteiger partial charge in [0.1, 0.15) is 28.6 Å². The molecule has 9 heteroatoms. The Bertz CT molecular complexity index is 633. The van der Waals surface area contributed by atoms with Crippen LogP contribution in [0.15, 0.2) is 29.4 Å². The molecule has 25 heavy (non-hydrogen) atoms. The fourth-order valence-electron chi connectivity index (χ4n) is 1.85. The van der Waals surface area contributed by atoms with Crippen molar-refractivity contribution in [1.29, 1.82) is 5.53 Å². The van der Waals surface area contributed by atoms with Crippen LogP contribution in [0, 0.1) is 5.53 Å². The summed E-state index contributed by atoms with van der Waals surface area (Å²) in [7, 11) is 0.